The van der Waals surface area contributed by atoms with Gasteiger partial charge >= 0.3 is 6.09 Å². The molecule has 2 aliphatic rings. The summed E-state index contributed by atoms with van der Waals surface area (Å²) >= 11 is 0. The van der Waals surface area contributed by atoms with Gasteiger partial charge in [-0.05, 0) is 83.2 Å². The van der Waals surface area contributed by atoms with Gasteiger partial charge in [0, 0.05) is 31.6 Å². The van der Waals surface area contributed by atoms with Gasteiger partial charge in [-0.3, -0.25) is 14.6 Å². The van der Waals surface area contributed by atoms with Gasteiger partial charge in [-0.25, -0.2) is 9.78 Å². The molecule has 1 aromatic heterocycles. The Labute approximate surface area is 195 Å². The Morgan fingerprint density at radius 1 is 1.15 bits per heavy atom. The zero-order chi connectivity index (χ0) is 23.5. The monoisotopic (exact) mass is 455 g/mol. The van der Waals surface area contributed by atoms with Crippen LogP contribution in [0.1, 0.15) is 70.4 Å². The van der Waals surface area contributed by atoms with Crippen LogP contribution in [0.15, 0.2) is 18.2 Å². The second kappa shape index (κ2) is 10.1. The predicted molar refractivity (Wildman–Crippen MR) is 130 cm³/mol. The molecule has 8 heteroatoms. The number of benzene rings is 1. The van der Waals surface area contributed by atoms with E-state index in [0.717, 1.165) is 56.4 Å². The fourth-order valence-corrected chi connectivity index (χ4v) is 5.28. The number of nitrogens with zero attached hydrogens (tertiary/aromatic N) is 4. The number of imidazole rings is 1. The van der Waals surface area contributed by atoms with E-state index in [-0.39, 0.29) is 23.9 Å². The summed E-state index contributed by atoms with van der Waals surface area (Å²) in [5.74, 6) is 0.613. The van der Waals surface area contributed by atoms with Gasteiger partial charge in [-0.15, -0.1) is 0 Å². The van der Waals surface area contributed by atoms with E-state index in [2.05, 4.69) is 26.9 Å². The molecule has 1 aliphatic carbocycles. The summed E-state index contributed by atoms with van der Waals surface area (Å²) in [4.78, 5) is 32.7. The van der Waals surface area contributed by atoms with Crippen molar-refractivity contribution >= 4 is 29.0 Å². The second-order valence-electron chi connectivity index (χ2n) is 9.95. The summed E-state index contributed by atoms with van der Waals surface area (Å²) < 4.78 is 2.11. The van der Waals surface area contributed by atoms with Crippen molar-refractivity contribution in [2.45, 2.75) is 77.4 Å². The number of carbonyl (C=O) groups is 2. The van der Waals surface area contributed by atoms with Gasteiger partial charge in [0.2, 0.25) is 11.9 Å². The summed E-state index contributed by atoms with van der Waals surface area (Å²) in [5.41, 5.74) is 3.04. The van der Waals surface area contributed by atoms with E-state index in [1.807, 2.05) is 19.9 Å². The van der Waals surface area contributed by atoms with Crippen LogP contribution in [0.5, 0.6) is 0 Å². The van der Waals surface area contributed by atoms with E-state index in [1.165, 1.54) is 29.7 Å². The van der Waals surface area contributed by atoms with E-state index in [0.29, 0.717) is 5.95 Å². The molecule has 1 saturated heterocycles. The Kier molecular flexibility index (Phi) is 7.22. The van der Waals surface area contributed by atoms with Crippen LogP contribution in [0.4, 0.5) is 10.7 Å². The standard InChI is InChI=1S/C25H37N5O3/c1-17(2)26-23(31)19-8-10-20(11-9-19)30-22-15-18(16-29-13-5-4-6-14-29)7-12-21(22)27-24(30)28(3)25(32)33/h7,12,15,17,19-20H,4-6,8-11,13-14,16H2,1-3H3,(H,26,31)(H,32,33). The number of piperidine rings is 1. The third kappa shape index (κ3) is 5.32. The molecule has 0 unspecified atom stereocenters. The number of fused-ring (bicyclic) bond motifs is 1. The van der Waals surface area contributed by atoms with E-state index >= 15 is 0 Å². The third-order valence-electron chi connectivity index (χ3n) is 7.04. The van der Waals surface area contributed by atoms with Crippen molar-refractivity contribution in [3.63, 3.8) is 0 Å². The predicted octanol–water partition coefficient (Wildman–Crippen LogP) is 4.39. The summed E-state index contributed by atoms with van der Waals surface area (Å²) in [6.07, 6.45) is 6.05. The normalized spacial score (nSPS) is 21.9. The molecule has 1 saturated carbocycles. The van der Waals surface area contributed by atoms with Crippen LogP contribution in [0.2, 0.25) is 0 Å². The summed E-state index contributed by atoms with van der Waals surface area (Å²) in [6, 6.07) is 6.59. The number of carboxylic acid groups (broad SMARTS) is 1. The number of hydrogen-bond acceptors (Lipinski definition) is 4. The van der Waals surface area contributed by atoms with Crippen LogP contribution in [0.3, 0.4) is 0 Å². The SMILES string of the molecule is CC(C)NC(=O)C1CCC(n2c(N(C)C(=O)O)nc3ccc(CN4CCCCC4)cc32)CC1. The first-order valence-electron chi connectivity index (χ1n) is 12.3. The first-order valence-corrected chi connectivity index (χ1v) is 12.3. The number of rotatable bonds is 6. The van der Waals surface area contributed by atoms with Crippen molar-refractivity contribution in [2.75, 3.05) is 25.0 Å². The van der Waals surface area contributed by atoms with E-state index in [4.69, 9.17) is 4.98 Å². The Bertz CT molecular complexity index is 987. The maximum Gasteiger partial charge on any atom is 0.413 e. The molecule has 1 aliphatic heterocycles. The van der Waals surface area contributed by atoms with Gasteiger partial charge < -0.3 is 15.0 Å². The Balaban J connectivity index is 1.61. The van der Waals surface area contributed by atoms with Crippen molar-refractivity contribution in [3.8, 4) is 0 Å². The molecule has 33 heavy (non-hydrogen) atoms. The van der Waals surface area contributed by atoms with Gasteiger partial charge in [-0.1, -0.05) is 12.5 Å². The Morgan fingerprint density at radius 2 is 1.85 bits per heavy atom. The topological polar surface area (TPSA) is 90.7 Å². The molecule has 0 bridgehead atoms. The van der Waals surface area contributed by atoms with Crippen molar-refractivity contribution in [1.29, 1.82) is 0 Å². The van der Waals surface area contributed by atoms with E-state index in [9.17, 15) is 14.7 Å². The highest BCUT2D eigenvalue weighted by molar-refractivity contribution is 5.88. The lowest BCUT2D eigenvalue weighted by atomic mass is 9.85. The average Bonchev–Trinajstić information content (AvgIpc) is 3.17. The molecule has 2 aromatic rings. The van der Waals surface area contributed by atoms with Gasteiger partial charge in [0.1, 0.15) is 0 Å². The number of carbonyl (C=O) groups excluding carboxylic acids is 1. The van der Waals surface area contributed by atoms with Crippen LogP contribution in [-0.4, -0.2) is 57.7 Å². The lowest BCUT2D eigenvalue weighted by molar-refractivity contribution is -0.126. The number of aromatic nitrogens is 2. The minimum atomic E-state index is -1.02. The molecule has 0 radical (unpaired) electrons. The van der Waals surface area contributed by atoms with Crippen LogP contribution >= 0.6 is 0 Å². The van der Waals surface area contributed by atoms with Crippen LogP contribution in [0, 0.1) is 5.92 Å². The van der Waals surface area contributed by atoms with E-state index < -0.39 is 6.09 Å². The molecular formula is C25H37N5O3. The largest absolute Gasteiger partial charge is 0.465 e. The van der Waals surface area contributed by atoms with Gasteiger partial charge in [0.15, 0.2) is 0 Å². The summed E-state index contributed by atoms with van der Waals surface area (Å²) in [6.45, 7) is 7.14. The fraction of sp³-hybridized carbons (Fsp3) is 0.640. The number of amides is 2. The van der Waals surface area contributed by atoms with E-state index in [1.54, 1.807) is 7.05 Å². The average molecular weight is 456 g/mol. The minimum absolute atomic E-state index is 0.0220. The molecule has 4 rings (SSSR count). The zero-order valence-electron chi connectivity index (χ0n) is 20.1. The Hall–Kier alpha value is -2.61. The molecule has 1 aromatic carbocycles. The first-order chi connectivity index (χ1) is 15.8. The van der Waals surface area contributed by atoms with Crippen molar-refractivity contribution in [3.05, 3.63) is 23.8 Å². The van der Waals surface area contributed by atoms with Gasteiger partial charge in [-0.2, -0.15) is 0 Å². The third-order valence-corrected chi connectivity index (χ3v) is 7.04. The summed E-state index contributed by atoms with van der Waals surface area (Å²) in [5, 5.41) is 12.7. The molecule has 2 heterocycles. The molecule has 8 nitrogen and oxygen atoms in total. The molecule has 2 fully saturated rings. The molecular weight excluding hydrogens is 418 g/mol. The molecule has 2 amide bonds. The lowest BCUT2D eigenvalue weighted by Crippen LogP contribution is -2.37. The molecule has 180 valence electrons. The highest BCUT2D eigenvalue weighted by Crippen LogP contribution is 2.38. The maximum atomic E-state index is 12.5. The smallest absolute Gasteiger partial charge is 0.413 e. The maximum absolute atomic E-state index is 12.5. The quantitative estimate of drug-likeness (QED) is 0.674. The van der Waals surface area contributed by atoms with Gasteiger partial charge in [0.05, 0.1) is 11.0 Å². The zero-order valence-corrected chi connectivity index (χ0v) is 20.1. The number of likely N-dealkylation sites (tertiary alicyclic amines) is 1. The van der Waals surface area contributed by atoms with Crippen molar-refractivity contribution < 1.29 is 14.7 Å². The fourth-order valence-electron chi connectivity index (χ4n) is 5.28. The van der Waals surface area contributed by atoms with Gasteiger partial charge in [0.25, 0.3) is 0 Å². The van der Waals surface area contributed by atoms with Crippen LogP contribution in [-0.2, 0) is 11.3 Å². The highest BCUT2D eigenvalue weighted by Gasteiger charge is 2.31. The second-order valence-corrected chi connectivity index (χ2v) is 9.95. The van der Waals surface area contributed by atoms with Crippen molar-refractivity contribution in [1.82, 2.24) is 19.8 Å². The number of anilines is 1. The molecule has 0 spiro atoms. The number of nitrogens with one attached hydrogen (secondary N) is 1. The first kappa shape index (κ1) is 23.5. The lowest BCUT2D eigenvalue weighted by Gasteiger charge is -2.31. The highest BCUT2D eigenvalue weighted by atomic mass is 16.4. The molecule has 2 N–H and O–H groups in total. The van der Waals surface area contributed by atoms with Crippen LogP contribution in [0.25, 0.3) is 11.0 Å². The number of hydrogen-bond donors (Lipinski definition) is 2. The van der Waals surface area contributed by atoms with Crippen LogP contribution < -0.4 is 10.2 Å². The van der Waals surface area contributed by atoms with Crippen molar-refractivity contribution in [2.24, 2.45) is 5.92 Å². The minimum Gasteiger partial charge on any atom is -0.465 e. The molecule has 0 atom stereocenters. The Morgan fingerprint density at radius 3 is 2.48 bits per heavy atom. The summed E-state index contributed by atoms with van der Waals surface area (Å²) in [7, 11) is 1.55.